The van der Waals surface area contributed by atoms with Crippen molar-refractivity contribution in [3.63, 3.8) is 0 Å². The minimum absolute atomic E-state index is 0.0334. The topological polar surface area (TPSA) is 66.6 Å². The highest BCUT2D eigenvalue weighted by molar-refractivity contribution is 5.73. The van der Waals surface area contributed by atoms with Gasteiger partial charge in [-0.1, -0.05) is 0 Å². The van der Waals surface area contributed by atoms with E-state index in [-0.39, 0.29) is 12.1 Å². The predicted octanol–water partition coefficient (Wildman–Crippen LogP) is -0.898. The fraction of sp³-hybridized carbons (Fsp3) is 0.833. The van der Waals surface area contributed by atoms with Gasteiger partial charge < -0.3 is 10.8 Å². The van der Waals surface area contributed by atoms with E-state index in [0.717, 1.165) is 0 Å². The summed E-state index contributed by atoms with van der Waals surface area (Å²) in [5.41, 5.74) is 5.55. The number of carboxylic acids is 1. The first-order chi connectivity index (χ1) is 4.61. The third-order valence-corrected chi connectivity index (χ3v) is 1.87. The van der Waals surface area contributed by atoms with Gasteiger partial charge in [-0.05, 0) is 13.5 Å². The van der Waals surface area contributed by atoms with Crippen molar-refractivity contribution in [1.82, 2.24) is 4.90 Å². The van der Waals surface area contributed by atoms with Crippen LogP contribution in [0.15, 0.2) is 0 Å². The second-order valence-electron chi connectivity index (χ2n) is 2.79. The molecule has 3 N–H and O–H groups in total. The maximum Gasteiger partial charge on any atom is 0.320 e. The number of rotatable bonds is 1. The largest absolute Gasteiger partial charge is 0.480 e. The van der Waals surface area contributed by atoms with Gasteiger partial charge in [-0.3, -0.25) is 9.69 Å². The molecule has 0 aliphatic carbocycles. The Labute approximate surface area is 59.6 Å². The van der Waals surface area contributed by atoms with Crippen molar-refractivity contribution in [2.75, 3.05) is 13.6 Å². The van der Waals surface area contributed by atoms with Gasteiger partial charge in [0.15, 0.2) is 0 Å². The van der Waals surface area contributed by atoms with Crippen LogP contribution in [0.2, 0.25) is 0 Å². The molecule has 2 atom stereocenters. The Hall–Kier alpha value is -0.610. The zero-order chi connectivity index (χ0) is 7.72. The van der Waals surface area contributed by atoms with Crippen LogP contribution in [0.25, 0.3) is 0 Å². The Morgan fingerprint density at radius 1 is 1.80 bits per heavy atom. The molecule has 0 spiro atoms. The minimum Gasteiger partial charge on any atom is -0.480 e. The summed E-state index contributed by atoms with van der Waals surface area (Å²) >= 11 is 0. The monoisotopic (exact) mass is 144 g/mol. The SMILES string of the molecule is CN1CC(N)CC1C(=O)O. The highest BCUT2D eigenvalue weighted by Gasteiger charge is 2.31. The predicted molar refractivity (Wildman–Crippen MR) is 36.6 cm³/mol. The van der Waals surface area contributed by atoms with E-state index in [1.165, 1.54) is 0 Å². The minimum atomic E-state index is -0.768. The molecule has 0 radical (unpaired) electrons. The standard InChI is InChI=1S/C6H12N2O2/c1-8-3-4(7)2-5(8)6(9)10/h4-5H,2-3,7H2,1H3,(H,9,10). The summed E-state index contributed by atoms with van der Waals surface area (Å²) in [6.45, 7) is 0.691. The second kappa shape index (κ2) is 2.56. The molecule has 2 unspecified atom stereocenters. The number of nitrogens with two attached hydrogens (primary N) is 1. The summed E-state index contributed by atoms with van der Waals surface area (Å²) in [6, 6.07) is -0.332. The zero-order valence-electron chi connectivity index (χ0n) is 5.95. The van der Waals surface area contributed by atoms with E-state index in [0.29, 0.717) is 13.0 Å². The molecule has 1 fully saturated rings. The molecule has 58 valence electrons. The van der Waals surface area contributed by atoms with E-state index in [4.69, 9.17) is 10.8 Å². The van der Waals surface area contributed by atoms with E-state index in [9.17, 15) is 4.79 Å². The van der Waals surface area contributed by atoms with E-state index < -0.39 is 5.97 Å². The smallest absolute Gasteiger partial charge is 0.320 e. The molecule has 0 amide bonds. The first-order valence-corrected chi connectivity index (χ1v) is 3.30. The lowest BCUT2D eigenvalue weighted by Crippen LogP contribution is -2.32. The summed E-state index contributed by atoms with van der Waals surface area (Å²) in [4.78, 5) is 12.2. The van der Waals surface area contributed by atoms with Crippen LogP contribution in [0.3, 0.4) is 0 Å². The van der Waals surface area contributed by atoms with Crippen LogP contribution >= 0.6 is 0 Å². The molecule has 1 rings (SSSR count). The lowest BCUT2D eigenvalue weighted by Gasteiger charge is -2.12. The lowest BCUT2D eigenvalue weighted by atomic mass is 10.2. The summed E-state index contributed by atoms with van der Waals surface area (Å²) in [5, 5.41) is 8.60. The first-order valence-electron chi connectivity index (χ1n) is 3.30. The number of hydrogen-bond donors (Lipinski definition) is 2. The normalized spacial score (nSPS) is 34.6. The van der Waals surface area contributed by atoms with Gasteiger partial charge >= 0.3 is 5.97 Å². The van der Waals surface area contributed by atoms with Gasteiger partial charge in [0, 0.05) is 12.6 Å². The highest BCUT2D eigenvalue weighted by atomic mass is 16.4. The van der Waals surface area contributed by atoms with Crippen LogP contribution in [0.4, 0.5) is 0 Å². The van der Waals surface area contributed by atoms with Crippen LogP contribution in [-0.4, -0.2) is 41.7 Å². The maximum absolute atomic E-state index is 10.5. The van der Waals surface area contributed by atoms with Crippen LogP contribution in [0.1, 0.15) is 6.42 Å². The molecule has 4 nitrogen and oxygen atoms in total. The number of likely N-dealkylation sites (tertiary alicyclic amines) is 1. The van der Waals surface area contributed by atoms with Crippen molar-refractivity contribution < 1.29 is 9.90 Å². The molecule has 0 aromatic rings. The Morgan fingerprint density at radius 2 is 2.40 bits per heavy atom. The van der Waals surface area contributed by atoms with Gasteiger partial charge in [-0.2, -0.15) is 0 Å². The Bertz CT molecular complexity index is 149. The highest BCUT2D eigenvalue weighted by Crippen LogP contribution is 2.13. The van der Waals surface area contributed by atoms with Crippen molar-refractivity contribution in [2.24, 2.45) is 5.73 Å². The lowest BCUT2D eigenvalue weighted by molar-refractivity contribution is -0.141. The number of carboxylic acid groups (broad SMARTS) is 1. The summed E-state index contributed by atoms with van der Waals surface area (Å²) in [5.74, 6) is -0.768. The van der Waals surface area contributed by atoms with Gasteiger partial charge in [0.25, 0.3) is 0 Å². The quantitative estimate of drug-likeness (QED) is 0.500. The molecule has 1 heterocycles. The van der Waals surface area contributed by atoms with Crippen LogP contribution in [-0.2, 0) is 4.79 Å². The summed E-state index contributed by atoms with van der Waals surface area (Å²) < 4.78 is 0. The number of aliphatic carboxylic acids is 1. The average molecular weight is 144 g/mol. The number of nitrogens with zero attached hydrogens (tertiary/aromatic N) is 1. The van der Waals surface area contributed by atoms with E-state index >= 15 is 0 Å². The Balaban J connectivity index is 2.54. The zero-order valence-corrected chi connectivity index (χ0v) is 5.95. The van der Waals surface area contributed by atoms with Crippen LogP contribution in [0.5, 0.6) is 0 Å². The summed E-state index contributed by atoms with van der Waals surface area (Å²) in [7, 11) is 1.78. The fourth-order valence-corrected chi connectivity index (χ4v) is 1.33. The Morgan fingerprint density at radius 3 is 2.60 bits per heavy atom. The van der Waals surface area contributed by atoms with E-state index in [1.807, 2.05) is 0 Å². The number of likely N-dealkylation sites (N-methyl/N-ethyl adjacent to an activating group) is 1. The van der Waals surface area contributed by atoms with Crippen LogP contribution in [0, 0.1) is 0 Å². The molecule has 0 aromatic carbocycles. The fourth-order valence-electron chi connectivity index (χ4n) is 1.33. The molecule has 0 saturated carbocycles. The van der Waals surface area contributed by atoms with Crippen molar-refractivity contribution in [2.45, 2.75) is 18.5 Å². The van der Waals surface area contributed by atoms with Gasteiger partial charge in [0.05, 0.1) is 0 Å². The average Bonchev–Trinajstić information content (AvgIpc) is 2.10. The van der Waals surface area contributed by atoms with Crippen molar-refractivity contribution >= 4 is 5.97 Å². The molecule has 1 aliphatic rings. The third kappa shape index (κ3) is 1.27. The van der Waals surface area contributed by atoms with E-state index in [2.05, 4.69) is 0 Å². The van der Waals surface area contributed by atoms with Crippen molar-refractivity contribution in [3.05, 3.63) is 0 Å². The molecular weight excluding hydrogens is 132 g/mol. The van der Waals surface area contributed by atoms with Crippen LogP contribution < -0.4 is 5.73 Å². The van der Waals surface area contributed by atoms with Crippen molar-refractivity contribution in [3.8, 4) is 0 Å². The molecule has 0 aromatic heterocycles. The molecule has 1 aliphatic heterocycles. The van der Waals surface area contributed by atoms with E-state index in [1.54, 1.807) is 11.9 Å². The molecular formula is C6H12N2O2. The van der Waals surface area contributed by atoms with Crippen molar-refractivity contribution in [1.29, 1.82) is 0 Å². The Kier molecular flexibility index (Phi) is 1.92. The maximum atomic E-state index is 10.5. The molecule has 0 bridgehead atoms. The molecule has 4 heteroatoms. The van der Waals surface area contributed by atoms with Gasteiger partial charge in [0.1, 0.15) is 6.04 Å². The first kappa shape index (κ1) is 7.50. The third-order valence-electron chi connectivity index (χ3n) is 1.87. The summed E-state index contributed by atoms with van der Waals surface area (Å²) in [6.07, 6.45) is 0.575. The molecule has 1 saturated heterocycles. The number of hydrogen-bond acceptors (Lipinski definition) is 3. The number of carbonyl (C=O) groups is 1. The molecule has 10 heavy (non-hydrogen) atoms. The van der Waals surface area contributed by atoms with Gasteiger partial charge in [-0.25, -0.2) is 0 Å². The van der Waals surface area contributed by atoms with Gasteiger partial charge in [-0.15, -0.1) is 0 Å². The van der Waals surface area contributed by atoms with Gasteiger partial charge in [0.2, 0.25) is 0 Å². The second-order valence-corrected chi connectivity index (χ2v) is 2.79.